The molecule has 0 aliphatic rings. The van der Waals surface area contributed by atoms with E-state index in [0.717, 1.165) is 15.7 Å². The molecule has 0 aliphatic carbocycles. The van der Waals surface area contributed by atoms with E-state index in [4.69, 9.17) is 17.3 Å². The Hall–Kier alpha value is -1.26. The summed E-state index contributed by atoms with van der Waals surface area (Å²) in [6.07, 6.45) is 0. The van der Waals surface area contributed by atoms with Crippen LogP contribution in [0.15, 0.2) is 40.9 Å². The summed E-state index contributed by atoms with van der Waals surface area (Å²) in [4.78, 5) is 1.93. The average Bonchev–Trinajstić information content (AvgIpc) is 2.34. The van der Waals surface area contributed by atoms with E-state index in [0.29, 0.717) is 12.2 Å². The van der Waals surface area contributed by atoms with E-state index in [9.17, 15) is 4.39 Å². The molecule has 0 radical (unpaired) electrons. The molecule has 0 saturated heterocycles. The van der Waals surface area contributed by atoms with Crippen molar-refractivity contribution in [2.75, 3.05) is 17.7 Å². The molecule has 0 fully saturated rings. The monoisotopic (exact) mass is 342 g/mol. The Bertz CT molecular complexity index is 604. The summed E-state index contributed by atoms with van der Waals surface area (Å²) in [7, 11) is 1.89. The third-order valence-electron chi connectivity index (χ3n) is 2.84. The van der Waals surface area contributed by atoms with Crippen molar-refractivity contribution in [1.82, 2.24) is 0 Å². The molecule has 0 bridgehead atoms. The van der Waals surface area contributed by atoms with E-state index in [-0.39, 0.29) is 5.02 Å². The Balaban J connectivity index is 2.25. The highest BCUT2D eigenvalue weighted by Crippen LogP contribution is 2.28. The molecular formula is C14H13BrClFN2. The predicted molar refractivity (Wildman–Crippen MR) is 82.1 cm³/mol. The van der Waals surface area contributed by atoms with E-state index < -0.39 is 5.82 Å². The lowest BCUT2D eigenvalue weighted by Gasteiger charge is -2.22. The first kappa shape index (κ1) is 14.2. The van der Waals surface area contributed by atoms with Crippen molar-refractivity contribution in [2.45, 2.75) is 6.54 Å². The molecule has 0 saturated carbocycles. The Morgan fingerprint density at radius 2 is 2.05 bits per heavy atom. The first-order valence-corrected chi connectivity index (χ1v) is 6.85. The number of hydrogen-bond donors (Lipinski definition) is 1. The van der Waals surface area contributed by atoms with E-state index in [1.807, 2.05) is 30.1 Å². The van der Waals surface area contributed by atoms with Crippen molar-refractivity contribution < 1.29 is 4.39 Å². The van der Waals surface area contributed by atoms with Crippen LogP contribution in [0.1, 0.15) is 5.56 Å². The molecule has 100 valence electrons. The van der Waals surface area contributed by atoms with Gasteiger partial charge in [-0.3, -0.25) is 0 Å². The van der Waals surface area contributed by atoms with Gasteiger partial charge in [-0.15, -0.1) is 0 Å². The summed E-state index contributed by atoms with van der Waals surface area (Å²) >= 11 is 9.31. The third kappa shape index (κ3) is 3.19. The van der Waals surface area contributed by atoms with Crippen LogP contribution in [0, 0.1) is 5.82 Å². The van der Waals surface area contributed by atoms with Gasteiger partial charge in [-0.25, -0.2) is 4.39 Å². The molecule has 0 atom stereocenters. The lowest BCUT2D eigenvalue weighted by molar-refractivity contribution is 0.625. The van der Waals surface area contributed by atoms with Crippen molar-refractivity contribution in [2.24, 2.45) is 0 Å². The third-order valence-corrected chi connectivity index (χ3v) is 3.76. The molecule has 2 aromatic carbocycles. The maximum atomic E-state index is 13.4. The maximum absolute atomic E-state index is 13.4. The van der Waals surface area contributed by atoms with Crippen molar-refractivity contribution in [3.05, 3.63) is 57.3 Å². The van der Waals surface area contributed by atoms with Crippen LogP contribution < -0.4 is 10.6 Å². The van der Waals surface area contributed by atoms with E-state index in [1.54, 1.807) is 12.1 Å². The van der Waals surface area contributed by atoms with E-state index in [2.05, 4.69) is 15.9 Å². The number of anilines is 2. The zero-order valence-corrected chi connectivity index (χ0v) is 12.7. The van der Waals surface area contributed by atoms with Crippen molar-refractivity contribution in [1.29, 1.82) is 0 Å². The summed E-state index contributed by atoms with van der Waals surface area (Å²) in [5.74, 6) is -0.406. The number of halogens is 3. The average molecular weight is 344 g/mol. The highest BCUT2D eigenvalue weighted by Gasteiger charge is 2.10. The summed E-state index contributed by atoms with van der Waals surface area (Å²) in [6, 6.07) is 10.5. The van der Waals surface area contributed by atoms with Gasteiger partial charge in [0.25, 0.3) is 0 Å². The fraction of sp³-hybridized carbons (Fsp3) is 0.143. The Labute approximate surface area is 125 Å². The highest BCUT2D eigenvalue weighted by atomic mass is 79.9. The fourth-order valence-electron chi connectivity index (χ4n) is 1.88. The number of hydrogen-bond acceptors (Lipinski definition) is 2. The van der Waals surface area contributed by atoms with Gasteiger partial charge in [0.2, 0.25) is 0 Å². The van der Waals surface area contributed by atoms with E-state index in [1.165, 1.54) is 6.07 Å². The van der Waals surface area contributed by atoms with Gasteiger partial charge in [0.05, 0.1) is 16.4 Å². The summed E-state index contributed by atoms with van der Waals surface area (Å²) < 4.78 is 14.3. The normalized spacial score (nSPS) is 10.5. The Morgan fingerprint density at radius 3 is 2.74 bits per heavy atom. The van der Waals surface area contributed by atoms with Gasteiger partial charge in [0.1, 0.15) is 5.82 Å². The van der Waals surface area contributed by atoms with Crippen molar-refractivity contribution in [3.8, 4) is 0 Å². The highest BCUT2D eigenvalue weighted by molar-refractivity contribution is 9.10. The van der Waals surface area contributed by atoms with Gasteiger partial charge >= 0.3 is 0 Å². The SMILES string of the molecule is CN(Cc1cccc(F)c1Cl)c1ccc(Br)cc1N. The fourth-order valence-corrected chi connectivity index (χ4v) is 2.45. The van der Waals surface area contributed by atoms with Gasteiger partial charge in [0.15, 0.2) is 0 Å². The second-order valence-corrected chi connectivity index (χ2v) is 5.57. The van der Waals surface area contributed by atoms with Crippen LogP contribution in [-0.4, -0.2) is 7.05 Å². The Morgan fingerprint density at radius 1 is 1.32 bits per heavy atom. The Kier molecular flexibility index (Phi) is 4.32. The van der Waals surface area contributed by atoms with Crippen LogP contribution in [0.2, 0.25) is 5.02 Å². The standard InChI is InChI=1S/C14H13BrClFN2/c1-19(13-6-5-10(15)7-12(13)18)8-9-3-2-4-11(17)14(9)16/h2-7H,8,18H2,1H3. The molecule has 2 aromatic rings. The minimum atomic E-state index is -0.406. The first-order chi connectivity index (χ1) is 8.99. The van der Waals surface area contributed by atoms with Crippen LogP contribution >= 0.6 is 27.5 Å². The topological polar surface area (TPSA) is 29.3 Å². The van der Waals surface area contributed by atoms with Crippen LogP contribution in [0.4, 0.5) is 15.8 Å². The van der Waals surface area contributed by atoms with Crippen molar-refractivity contribution >= 4 is 38.9 Å². The molecule has 2 nitrogen and oxygen atoms in total. The summed E-state index contributed by atoms with van der Waals surface area (Å²) in [5.41, 5.74) is 8.23. The van der Waals surface area contributed by atoms with Gasteiger partial charge in [0, 0.05) is 18.1 Å². The molecule has 2 N–H and O–H groups in total. The molecule has 0 unspecified atom stereocenters. The first-order valence-electron chi connectivity index (χ1n) is 5.68. The van der Waals surface area contributed by atoms with Crippen LogP contribution in [0.3, 0.4) is 0 Å². The predicted octanol–water partition coefficient (Wildman–Crippen LogP) is 4.46. The molecule has 0 heterocycles. The molecule has 0 aromatic heterocycles. The zero-order chi connectivity index (χ0) is 14.0. The zero-order valence-electron chi connectivity index (χ0n) is 10.3. The minimum Gasteiger partial charge on any atom is -0.397 e. The van der Waals surface area contributed by atoms with Crippen LogP contribution in [0.5, 0.6) is 0 Å². The largest absolute Gasteiger partial charge is 0.397 e. The molecule has 19 heavy (non-hydrogen) atoms. The van der Waals surface area contributed by atoms with Gasteiger partial charge in [-0.2, -0.15) is 0 Å². The smallest absolute Gasteiger partial charge is 0.142 e. The van der Waals surface area contributed by atoms with Crippen molar-refractivity contribution in [3.63, 3.8) is 0 Å². The number of nitrogens with zero attached hydrogens (tertiary/aromatic N) is 1. The molecule has 5 heteroatoms. The molecule has 0 amide bonds. The molecule has 0 spiro atoms. The number of nitrogens with two attached hydrogens (primary N) is 1. The molecular weight excluding hydrogens is 331 g/mol. The summed E-state index contributed by atoms with van der Waals surface area (Å²) in [5, 5.41) is 0.157. The minimum absolute atomic E-state index is 0.157. The van der Waals surface area contributed by atoms with Gasteiger partial charge in [-0.05, 0) is 29.8 Å². The lowest BCUT2D eigenvalue weighted by atomic mass is 10.2. The molecule has 0 aliphatic heterocycles. The van der Waals surface area contributed by atoms with Gasteiger partial charge < -0.3 is 10.6 Å². The maximum Gasteiger partial charge on any atom is 0.142 e. The van der Waals surface area contributed by atoms with Gasteiger partial charge in [-0.1, -0.05) is 39.7 Å². The molecule has 2 rings (SSSR count). The second-order valence-electron chi connectivity index (χ2n) is 4.27. The number of benzene rings is 2. The number of nitrogen functional groups attached to an aromatic ring is 1. The second kappa shape index (κ2) is 5.80. The van der Waals surface area contributed by atoms with Crippen LogP contribution in [0.25, 0.3) is 0 Å². The summed E-state index contributed by atoms with van der Waals surface area (Å²) in [6.45, 7) is 0.489. The lowest BCUT2D eigenvalue weighted by Crippen LogP contribution is -2.18. The van der Waals surface area contributed by atoms with Crippen LogP contribution in [-0.2, 0) is 6.54 Å². The quantitative estimate of drug-likeness (QED) is 0.834. The van der Waals surface area contributed by atoms with E-state index >= 15 is 0 Å². The number of rotatable bonds is 3.